The summed E-state index contributed by atoms with van der Waals surface area (Å²) in [6.07, 6.45) is -5.55. The molecule has 0 aromatic heterocycles. The summed E-state index contributed by atoms with van der Waals surface area (Å²) < 4.78 is 5.02. The Hall–Kier alpha value is -1.37. The molecule has 1 saturated heterocycles. The number of aliphatic hydroxyl groups excluding tert-OH is 3. The zero-order valence-electron chi connectivity index (χ0n) is 12.2. The average Bonchev–Trinajstić information content (AvgIpc) is 2.50. The number of nitroso groups, excluding NO2 is 1. The van der Waals surface area contributed by atoms with Gasteiger partial charge in [-0.05, 0) is 6.92 Å². The van der Waals surface area contributed by atoms with Crippen LogP contribution in [-0.4, -0.2) is 79.5 Å². The fraction of sp³-hybridized carbons (Fsp3) is 0.909. The van der Waals surface area contributed by atoms with E-state index in [1.807, 2.05) is 5.32 Å². The van der Waals surface area contributed by atoms with Gasteiger partial charge in [0.15, 0.2) is 0 Å². The Bertz CT molecular complexity index is 424. The van der Waals surface area contributed by atoms with Crippen LogP contribution in [0.5, 0.6) is 0 Å². The normalized spacial score (nSPS) is 38.4. The molecule has 0 aromatic rings. The van der Waals surface area contributed by atoms with E-state index in [9.17, 15) is 30.1 Å². The van der Waals surface area contributed by atoms with Crippen molar-refractivity contribution in [1.82, 2.24) is 10.3 Å². The van der Waals surface area contributed by atoms with Crippen molar-refractivity contribution in [3.05, 3.63) is 4.91 Å². The van der Waals surface area contributed by atoms with Crippen molar-refractivity contribution in [1.29, 1.82) is 0 Å². The summed E-state index contributed by atoms with van der Waals surface area (Å²) in [5.41, 5.74) is -2.82. The lowest BCUT2D eigenvalue weighted by molar-refractivity contribution is -0.395. The summed E-state index contributed by atoms with van der Waals surface area (Å²) in [6.45, 7) is 1.95. The number of nitrogens with one attached hydrogen (secondary N) is 1. The summed E-state index contributed by atoms with van der Waals surface area (Å²) in [7, 11) is 0. The summed E-state index contributed by atoms with van der Waals surface area (Å²) >= 11 is 0. The maximum atomic E-state index is 11.8. The zero-order chi connectivity index (χ0) is 17.1. The van der Waals surface area contributed by atoms with Crippen molar-refractivity contribution < 1.29 is 35.1 Å². The molecule has 0 saturated carbocycles. The lowest BCUT2D eigenvalue weighted by Crippen LogP contribution is -2.79. The highest BCUT2D eigenvalue weighted by Crippen LogP contribution is 2.37. The Kier molecular flexibility index (Phi) is 5.78. The molecule has 2 amide bonds. The number of carbonyl (C=O) groups is 1. The number of urea groups is 1. The minimum absolute atomic E-state index is 0.130. The minimum Gasteiger partial charge on any atom is -0.394 e. The first-order valence-electron chi connectivity index (χ1n) is 6.73. The largest absolute Gasteiger partial charge is 0.394 e. The Morgan fingerprint density at radius 2 is 1.95 bits per heavy atom. The molecule has 0 spiro atoms. The predicted molar refractivity (Wildman–Crippen MR) is 70.9 cm³/mol. The Morgan fingerprint density at radius 3 is 2.36 bits per heavy atom. The van der Waals surface area contributed by atoms with Crippen LogP contribution in [0.25, 0.3) is 0 Å². The molecule has 1 fully saturated rings. The van der Waals surface area contributed by atoms with E-state index in [2.05, 4.69) is 5.29 Å². The lowest BCUT2D eigenvalue weighted by Gasteiger charge is -2.52. The van der Waals surface area contributed by atoms with Gasteiger partial charge >= 0.3 is 6.03 Å². The van der Waals surface area contributed by atoms with Gasteiger partial charge < -0.3 is 35.6 Å². The minimum atomic E-state index is -2.82. The summed E-state index contributed by atoms with van der Waals surface area (Å²) in [6, 6.07) is -1.20. The van der Waals surface area contributed by atoms with E-state index >= 15 is 0 Å². The van der Waals surface area contributed by atoms with E-state index in [0.717, 1.165) is 0 Å². The molecule has 0 radical (unpaired) electrons. The first-order valence-corrected chi connectivity index (χ1v) is 6.73. The molecular weight excluding hydrogens is 302 g/mol. The van der Waals surface area contributed by atoms with E-state index in [4.69, 9.17) is 9.84 Å². The second-order valence-electron chi connectivity index (χ2n) is 4.91. The summed E-state index contributed by atoms with van der Waals surface area (Å²) in [5.74, 6) is -2.50. The molecule has 0 unspecified atom stereocenters. The van der Waals surface area contributed by atoms with Gasteiger partial charge in [-0.1, -0.05) is 6.92 Å². The highest BCUT2D eigenvalue weighted by atomic mass is 16.7. The van der Waals surface area contributed by atoms with Gasteiger partial charge in [-0.3, -0.25) is 0 Å². The van der Waals surface area contributed by atoms with Crippen LogP contribution in [0.1, 0.15) is 20.3 Å². The molecule has 0 aromatic carbocycles. The Labute approximate surface area is 126 Å². The van der Waals surface area contributed by atoms with E-state index < -0.39 is 42.5 Å². The molecule has 1 rings (SSSR count). The standard InChI is InChI=1S/C11H21N3O8/c1-3-10(19)11(20,12-9(18)14(4-2)13-21)8(17)7(16)6(5-15)22-10/h6-8,15-17,19-20H,3-5H2,1-2H3,(H,12,18)/t6-,7-,8+,10+,11-/m1/s1. The van der Waals surface area contributed by atoms with Crippen LogP contribution in [0, 0.1) is 4.91 Å². The number of ether oxygens (including phenoxy) is 1. The van der Waals surface area contributed by atoms with Gasteiger partial charge in [0, 0.05) is 13.0 Å². The maximum Gasteiger partial charge on any atom is 0.342 e. The molecule has 5 atom stereocenters. The second kappa shape index (κ2) is 6.81. The van der Waals surface area contributed by atoms with Crippen molar-refractivity contribution in [2.24, 2.45) is 5.29 Å². The van der Waals surface area contributed by atoms with Crippen LogP contribution in [0.2, 0.25) is 0 Å². The molecule has 0 bridgehead atoms. The monoisotopic (exact) mass is 323 g/mol. The van der Waals surface area contributed by atoms with Crippen molar-refractivity contribution in [2.45, 2.75) is 50.1 Å². The highest BCUT2D eigenvalue weighted by molar-refractivity contribution is 5.74. The van der Waals surface area contributed by atoms with E-state index in [1.54, 1.807) is 0 Å². The molecule has 1 heterocycles. The fourth-order valence-electron chi connectivity index (χ4n) is 2.23. The van der Waals surface area contributed by atoms with Crippen molar-refractivity contribution in [2.75, 3.05) is 13.2 Å². The van der Waals surface area contributed by atoms with Crippen molar-refractivity contribution in [3.8, 4) is 0 Å². The number of aliphatic hydroxyl groups is 5. The zero-order valence-corrected chi connectivity index (χ0v) is 12.2. The summed E-state index contributed by atoms with van der Waals surface area (Å²) in [4.78, 5) is 22.3. The van der Waals surface area contributed by atoms with Gasteiger partial charge in [-0.15, -0.1) is 4.91 Å². The fourth-order valence-corrected chi connectivity index (χ4v) is 2.23. The molecule has 22 heavy (non-hydrogen) atoms. The van der Waals surface area contributed by atoms with Gasteiger partial charge in [-0.25, -0.2) is 4.79 Å². The maximum absolute atomic E-state index is 11.8. The van der Waals surface area contributed by atoms with Gasteiger partial charge in [0.2, 0.25) is 11.5 Å². The first-order chi connectivity index (χ1) is 10.2. The third-order valence-electron chi connectivity index (χ3n) is 3.66. The Balaban J connectivity index is 3.14. The quantitative estimate of drug-likeness (QED) is 0.184. The first kappa shape index (κ1) is 18.7. The molecule has 128 valence electrons. The van der Waals surface area contributed by atoms with Gasteiger partial charge in [0.05, 0.1) is 11.9 Å². The number of amides is 2. The molecule has 11 heteroatoms. The van der Waals surface area contributed by atoms with Crippen LogP contribution < -0.4 is 5.32 Å². The SMILES string of the molecule is CCN(N=O)C(=O)N[C@@]1(O)[C@@H](O)[C@H](O)[C@@H](CO)O[C@@]1(O)CC. The van der Waals surface area contributed by atoms with Gasteiger partial charge in [0.1, 0.15) is 18.3 Å². The molecule has 11 nitrogen and oxygen atoms in total. The molecule has 1 aliphatic heterocycles. The van der Waals surface area contributed by atoms with Crippen LogP contribution in [0.15, 0.2) is 5.29 Å². The second-order valence-corrected chi connectivity index (χ2v) is 4.91. The van der Waals surface area contributed by atoms with Crippen LogP contribution >= 0.6 is 0 Å². The lowest BCUT2D eigenvalue weighted by atomic mass is 9.85. The van der Waals surface area contributed by atoms with Gasteiger partial charge in [-0.2, -0.15) is 5.01 Å². The van der Waals surface area contributed by atoms with E-state index in [0.29, 0.717) is 5.01 Å². The smallest absolute Gasteiger partial charge is 0.342 e. The Morgan fingerprint density at radius 1 is 1.36 bits per heavy atom. The van der Waals surface area contributed by atoms with Gasteiger partial charge in [0.25, 0.3) is 0 Å². The van der Waals surface area contributed by atoms with E-state index in [-0.39, 0.29) is 13.0 Å². The molecule has 1 aliphatic rings. The highest BCUT2D eigenvalue weighted by Gasteiger charge is 2.63. The third-order valence-corrected chi connectivity index (χ3v) is 3.66. The number of hydrogen-bond acceptors (Lipinski definition) is 9. The number of hydrogen-bond donors (Lipinski definition) is 6. The number of nitrogens with zero attached hydrogens (tertiary/aromatic N) is 2. The average molecular weight is 323 g/mol. The summed E-state index contributed by atoms with van der Waals surface area (Å²) in [5, 5.41) is 54.4. The van der Waals surface area contributed by atoms with E-state index in [1.165, 1.54) is 13.8 Å². The van der Waals surface area contributed by atoms with Crippen molar-refractivity contribution in [3.63, 3.8) is 0 Å². The molecule has 6 N–H and O–H groups in total. The van der Waals surface area contributed by atoms with Crippen molar-refractivity contribution >= 4 is 6.03 Å². The predicted octanol–water partition coefficient (Wildman–Crippen LogP) is -2.40. The third kappa shape index (κ3) is 2.91. The topological polar surface area (TPSA) is 172 Å². The molecule has 0 aliphatic carbocycles. The molecular formula is C11H21N3O8. The van der Waals surface area contributed by atoms with Crippen LogP contribution in [0.4, 0.5) is 4.79 Å². The number of carbonyl (C=O) groups excluding carboxylic acids is 1. The van der Waals surface area contributed by atoms with Crippen LogP contribution in [0.3, 0.4) is 0 Å². The van der Waals surface area contributed by atoms with Crippen LogP contribution in [-0.2, 0) is 4.74 Å². The number of rotatable bonds is 5.